The van der Waals surface area contributed by atoms with Crippen molar-refractivity contribution in [2.45, 2.75) is 19.4 Å². The van der Waals surface area contributed by atoms with E-state index in [1.54, 1.807) is 13.8 Å². The van der Waals surface area contributed by atoms with Gasteiger partial charge in [-0.2, -0.15) is 0 Å². The van der Waals surface area contributed by atoms with E-state index in [4.69, 9.17) is 28.3 Å². The van der Waals surface area contributed by atoms with Crippen molar-refractivity contribution in [3.63, 3.8) is 0 Å². The first-order valence-electron chi connectivity index (χ1n) is 2.17. The molecule has 0 amide bonds. The third-order valence-corrected chi connectivity index (χ3v) is 1.58. The van der Waals surface area contributed by atoms with E-state index in [0.29, 0.717) is 0 Å². The number of rotatable bonds is 1. The Bertz CT molecular complexity index is 101. The van der Waals surface area contributed by atoms with Crippen LogP contribution in [0.4, 0.5) is 0 Å². The van der Waals surface area contributed by atoms with Crippen molar-refractivity contribution in [2.75, 3.05) is 0 Å². The van der Waals surface area contributed by atoms with Gasteiger partial charge in [-0.25, -0.2) is 0 Å². The van der Waals surface area contributed by atoms with Gasteiger partial charge in [-0.05, 0) is 13.8 Å². The van der Waals surface area contributed by atoms with E-state index >= 15 is 0 Å². The van der Waals surface area contributed by atoms with Gasteiger partial charge >= 0.3 is 0 Å². The number of hydrogen-bond donors (Lipinski definition) is 1. The monoisotopic (exact) mass is 154 g/mol. The van der Waals surface area contributed by atoms with Crippen LogP contribution < -0.4 is 0 Å². The van der Waals surface area contributed by atoms with Gasteiger partial charge in [0.2, 0.25) is 0 Å². The van der Waals surface area contributed by atoms with Crippen LogP contribution in [-0.2, 0) is 0 Å². The quantitative estimate of drug-likeness (QED) is 0.614. The second-order valence-electron chi connectivity index (χ2n) is 2.02. The lowest BCUT2D eigenvalue weighted by molar-refractivity contribution is 0.128. The van der Waals surface area contributed by atoms with Crippen molar-refractivity contribution < 1.29 is 5.11 Å². The summed E-state index contributed by atoms with van der Waals surface area (Å²) in [6.07, 6.45) is 0. The molecule has 0 fully saturated rings. The molecule has 0 saturated heterocycles. The summed E-state index contributed by atoms with van der Waals surface area (Å²) in [7, 11) is 0. The van der Waals surface area contributed by atoms with Crippen LogP contribution in [0.15, 0.2) is 10.6 Å². The Hall–Kier alpha value is 0.280. The maximum absolute atomic E-state index is 9.00. The summed E-state index contributed by atoms with van der Waals surface area (Å²) in [5.41, 5.74) is 0.158. The fourth-order valence-electron chi connectivity index (χ4n) is 0.134. The third-order valence-electron chi connectivity index (χ3n) is 0.680. The summed E-state index contributed by atoms with van der Waals surface area (Å²) in [5.74, 6) is 0. The smallest absolute Gasteiger partial charge is 0.0954 e. The molecule has 1 N–H and O–H groups in total. The van der Waals surface area contributed by atoms with Gasteiger partial charge in [-0.3, -0.25) is 0 Å². The zero-order chi connectivity index (χ0) is 6.78. The summed E-state index contributed by atoms with van der Waals surface area (Å²) >= 11 is 10.6. The van der Waals surface area contributed by atoms with Crippen molar-refractivity contribution in [1.82, 2.24) is 0 Å². The molecule has 0 aliphatic carbocycles. The van der Waals surface area contributed by atoms with Crippen LogP contribution in [0.25, 0.3) is 0 Å². The lowest BCUT2D eigenvalue weighted by atomic mass is 10.1. The Morgan fingerprint density at radius 1 is 1.62 bits per heavy atom. The van der Waals surface area contributed by atoms with E-state index in [0.717, 1.165) is 5.54 Å². The average Bonchev–Trinajstić information content (AvgIpc) is 1.62. The molecule has 0 aromatic carbocycles. The van der Waals surface area contributed by atoms with Gasteiger partial charge in [0.15, 0.2) is 0 Å². The van der Waals surface area contributed by atoms with Crippen LogP contribution in [0.1, 0.15) is 13.8 Å². The fraction of sp³-hybridized carbons (Fsp3) is 0.600. The van der Waals surface area contributed by atoms with E-state index in [1.165, 1.54) is 0 Å². The molecule has 0 radical (unpaired) electrons. The van der Waals surface area contributed by atoms with Gasteiger partial charge in [0, 0.05) is 5.54 Å². The standard InChI is InChI=1S/C5H8Cl2O/c1-5(2,8)4(7)3-6/h3,8H,1-2H3/b4-3-. The molecule has 0 atom stereocenters. The Labute approximate surface area is 58.9 Å². The summed E-state index contributed by atoms with van der Waals surface area (Å²) in [5, 5.41) is 9.25. The molecule has 0 unspecified atom stereocenters. The second-order valence-corrected chi connectivity index (χ2v) is 2.64. The molecule has 0 bridgehead atoms. The Kier molecular flexibility index (Phi) is 2.81. The van der Waals surface area contributed by atoms with Crippen molar-refractivity contribution >= 4 is 23.2 Å². The molecule has 0 aromatic rings. The van der Waals surface area contributed by atoms with E-state index in [2.05, 4.69) is 0 Å². The minimum absolute atomic E-state index is 0.249. The molecule has 0 heterocycles. The van der Waals surface area contributed by atoms with Gasteiger partial charge in [0.1, 0.15) is 0 Å². The van der Waals surface area contributed by atoms with Crippen LogP contribution in [0.2, 0.25) is 0 Å². The largest absolute Gasteiger partial charge is 0.385 e. The molecule has 0 spiro atoms. The lowest BCUT2D eigenvalue weighted by Crippen LogP contribution is -2.17. The van der Waals surface area contributed by atoms with Crippen LogP contribution in [0, 0.1) is 0 Å². The fourth-order valence-corrected chi connectivity index (χ4v) is 0.401. The highest BCUT2D eigenvalue weighted by Gasteiger charge is 2.15. The van der Waals surface area contributed by atoms with Crippen molar-refractivity contribution in [3.8, 4) is 0 Å². The predicted molar refractivity (Wildman–Crippen MR) is 36.1 cm³/mol. The summed E-state index contributed by atoms with van der Waals surface area (Å²) in [4.78, 5) is 0. The molecular formula is C5H8Cl2O. The topological polar surface area (TPSA) is 20.2 Å². The summed E-state index contributed by atoms with van der Waals surface area (Å²) < 4.78 is 0. The number of hydrogen-bond acceptors (Lipinski definition) is 1. The maximum atomic E-state index is 9.00. The van der Waals surface area contributed by atoms with Crippen molar-refractivity contribution in [3.05, 3.63) is 10.6 Å². The first-order chi connectivity index (χ1) is 3.48. The summed E-state index contributed by atoms with van der Waals surface area (Å²) in [6.45, 7) is 3.13. The highest BCUT2D eigenvalue weighted by molar-refractivity contribution is 6.37. The predicted octanol–water partition coefficient (Wildman–Crippen LogP) is 2.08. The van der Waals surface area contributed by atoms with Crippen molar-refractivity contribution in [1.29, 1.82) is 0 Å². The van der Waals surface area contributed by atoms with Gasteiger partial charge in [-0.1, -0.05) is 23.2 Å². The molecular weight excluding hydrogens is 147 g/mol. The van der Waals surface area contributed by atoms with Crippen LogP contribution in [0.3, 0.4) is 0 Å². The minimum atomic E-state index is -0.997. The molecule has 0 saturated carbocycles. The van der Waals surface area contributed by atoms with E-state index in [1.807, 2.05) is 0 Å². The molecule has 0 aliphatic heterocycles. The molecule has 0 rings (SSSR count). The van der Waals surface area contributed by atoms with Gasteiger partial charge in [-0.15, -0.1) is 0 Å². The molecule has 48 valence electrons. The number of halogens is 2. The first kappa shape index (κ1) is 8.28. The van der Waals surface area contributed by atoms with E-state index in [-0.39, 0.29) is 5.03 Å². The van der Waals surface area contributed by atoms with Crippen LogP contribution in [-0.4, -0.2) is 10.7 Å². The van der Waals surface area contributed by atoms with Crippen LogP contribution in [0.5, 0.6) is 0 Å². The average molecular weight is 155 g/mol. The van der Waals surface area contributed by atoms with Gasteiger partial charge in [0.05, 0.1) is 10.6 Å². The molecule has 0 aromatic heterocycles. The Balaban J connectivity index is 4.03. The zero-order valence-corrected chi connectivity index (χ0v) is 6.29. The van der Waals surface area contributed by atoms with Crippen LogP contribution >= 0.6 is 23.2 Å². The first-order valence-corrected chi connectivity index (χ1v) is 2.98. The zero-order valence-electron chi connectivity index (χ0n) is 4.78. The molecule has 8 heavy (non-hydrogen) atoms. The second kappa shape index (κ2) is 2.72. The SMILES string of the molecule is CC(C)(O)/C(Cl)=C/Cl. The lowest BCUT2D eigenvalue weighted by Gasteiger charge is -2.13. The highest BCUT2D eigenvalue weighted by Crippen LogP contribution is 2.19. The van der Waals surface area contributed by atoms with E-state index < -0.39 is 5.60 Å². The Morgan fingerprint density at radius 3 is 2.00 bits per heavy atom. The molecule has 1 nitrogen and oxygen atoms in total. The summed E-state index contributed by atoms with van der Waals surface area (Å²) in [6, 6.07) is 0. The minimum Gasteiger partial charge on any atom is -0.385 e. The molecule has 3 heteroatoms. The highest BCUT2D eigenvalue weighted by atomic mass is 35.5. The van der Waals surface area contributed by atoms with E-state index in [9.17, 15) is 0 Å². The molecule has 0 aliphatic rings. The van der Waals surface area contributed by atoms with Crippen molar-refractivity contribution in [2.24, 2.45) is 0 Å². The third kappa shape index (κ3) is 2.55. The van der Waals surface area contributed by atoms with Gasteiger partial charge in [0.25, 0.3) is 0 Å². The normalized spacial score (nSPS) is 14.4. The Morgan fingerprint density at radius 2 is 2.00 bits per heavy atom. The number of aliphatic hydroxyl groups is 1. The van der Waals surface area contributed by atoms with Gasteiger partial charge < -0.3 is 5.11 Å². The maximum Gasteiger partial charge on any atom is 0.0954 e.